The number of benzene rings is 1. The van der Waals surface area contributed by atoms with Crippen LogP contribution in [0, 0.1) is 0 Å². The van der Waals surface area contributed by atoms with E-state index < -0.39 is 0 Å². The van der Waals surface area contributed by atoms with E-state index >= 15 is 0 Å². The quantitative estimate of drug-likeness (QED) is 0.674. The fourth-order valence-electron chi connectivity index (χ4n) is 2.89. The van der Waals surface area contributed by atoms with Crippen molar-refractivity contribution in [3.63, 3.8) is 0 Å². The number of nitrogens with one attached hydrogen (secondary N) is 2. The van der Waals surface area contributed by atoms with Crippen molar-refractivity contribution in [2.75, 3.05) is 24.3 Å². The Kier molecular flexibility index (Phi) is 5.27. The van der Waals surface area contributed by atoms with Gasteiger partial charge in [-0.1, -0.05) is 23.5 Å². The molecule has 7 nitrogen and oxygen atoms in total. The molecule has 1 aromatic carbocycles. The highest BCUT2D eigenvalue weighted by atomic mass is 32.1. The number of hydrogen-bond acceptors (Lipinski definition) is 6. The molecule has 3 amide bonds. The number of fused-ring (bicyclic) bond motifs is 1. The summed E-state index contributed by atoms with van der Waals surface area (Å²) in [5, 5.41) is 8.17. The van der Waals surface area contributed by atoms with Crippen LogP contribution in [-0.4, -0.2) is 35.5 Å². The number of nitrogens with zero attached hydrogens (tertiary/aromatic N) is 2. The Hall–Kier alpha value is -2.91. The van der Waals surface area contributed by atoms with E-state index in [0.717, 1.165) is 10.6 Å². The van der Waals surface area contributed by atoms with E-state index in [2.05, 4.69) is 15.6 Å². The van der Waals surface area contributed by atoms with Crippen molar-refractivity contribution in [3.8, 4) is 5.75 Å². The first-order valence-corrected chi connectivity index (χ1v) is 10.4. The summed E-state index contributed by atoms with van der Waals surface area (Å²) in [7, 11) is 1.59. The standard InChI is InChI=1S/C19H18N4O3S2/c1-26-13-5-2-4-12(10-13)20-19(25)23-8-7-14-16(11-23)28-18(21-14)22-17(24)15-6-3-9-27-15/h2-6,9-10H,7-8,11H2,1H3,(H,20,25)(H,21,22,24). The molecule has 144 valence electrons. The van der Waals surface area contributed by atoms with Crippen LogP contribution < -0.4 is 15.4 Å². The van der Waals surface area contributed by atoms with Gasteiger partial charge in [-0.3, -0.25) is 10.1 Å². The van der Waals surface area contributed by atoms with E-state index in [9.17, 15) is 9.59 Å². The smallest absolute Gasteiger partial charge is 0.322 e. The van der Waals surface area contributed by atoms with E-state index in [1.807, 2.05) is 29.6 Å². The predicted octanol–water partition coefficient (Wildman–Crippen LogP) is 4.06. The molecule has 1 aliphatic heterocycles. The Balaban J connectivity index is 1.41. The van der Waals surface area contributed by atoms with Crippen LogP contribution in [0.25, 0.3) is 0 Å². The number of ether oxygens (including phenoxy) is 1. The van der Waals surface area contributed by atoms with Gasteiger partial charge in [0.1, 0.15) is 5.75 Å². The third-order valence-corrected chi connectivity index (χ3v) is 6.17. The predicted molar refractivity (Wildman–Crippen MR) is 111 cm³/mol. The average Bonchev–Trinajstić information content (AvgIpc) is 3.37. The lowest BCUT2D eigenvalue weighted by atomic mass is 10.2. The number of hydrogen-bond donors (Lipinski definition) is 2. The van der Waals surface area contributed by atoms with Crippen LogP contribution in [0.5, 0.6) is 5.75 Å². The van der Waals surface area contributed by atoms with Crippen molar-refractivity contribution in [3.05, 3.63) is 57.2 Å². The van der Waals surface area contributed by atoms with Crippen molar-refractivity contribution in [1.82, 2.24) is 9.88 Å². The molecule has 0 aliphatic carbocycles. The van der Waals surface area contributed by atoms with E-state index in [-0.39, 0.29) is 11.9 Å². The van der Waals surface area contributed by atoms with Crippen LogP contribution in [0.15, 0.2) is 41.8 Å². The van der Waals surface area contributed by atoms with Crippen molar-refractivity contribution >= 4 is 45.4 Å². The normalized spacial score (nSPS) is 13.0. The second-order valence-electron chi connectivity index (χ2n) is 6.15. The zero-order valence-corrected chi connectivity index (χ0v) is 16.7. The summed E-state index contributed by atoms with van der Waals surface area (Å²) in [6, 6.07) is 10.7. The van der Waals surface area contributed by atoms with Gasteiger partial charge in [-0.05, 0) is 23.6 Å². The van der Waals surface area contributed by atoms with Gasteiger partial charge in [0, 0.05) is 29.6 Å². The number of urea groups is 1. The minimum Gasteiger partial charge on any atom is -0.497 e. The van der Waals surface area contributed by atoms with Crippen molar-refractivity contribution < 1.29 is 14.3 Å². The lowest BCUT2D eigenvalue weighted by Crippen LogP contribution is -2.38. The third-order valence-electron chi connectivity index (χ3n) is 4.30. The number of carbonyl (C=O) groups excluding carboxylic acids is 2. The molecule has 0 fully saturated rings. The highest BCUT2D eigenvalue weighted by molar-refractivity contribution is 7.16. The second kappa shape index (κ2) is 7.99. The lowest BCUT2D eigenvalue weighted by Gasteiger charge is -2.26. The summed E-state index contributed by atoms with van der Waals surface area (Å²) in [6.07, 6.45) is 0.659. The Labute approximate surface area is 170 Å². The monoisotopic (exact) mass is 414 g/mol. The number of rotatable bonds is 4. The average molecular weight is 415 g/mol. The summed E-state index contributed by atoms with van der Waals surface area (Å²) >= 11 is 2.80. The molecule has 1 aliphatic rings. The van der Waals surface area contributed by atoms with Gasteiger partial charge in [0.2, 0.25) is 0 Å². The van der Waals surface area contributed by atoms with Crippen LogP contribution in [-0.2, 0) is 13.0 Å². The highest BCUT2D eigenvalue weighted by Crippen LogP contribution is 2.29. The van der Waals surface area contributed by atoms with Crippen LogP contribution >= 0.6 is 22.7 Å². The van der Waals surface area contributed by atoms with E-state index in [4.69, 9.17) is 4.74 Å². The van der Waals surface area contributed by atoms with Crippen LogP contribution in [0.1, 0.15) is 20.2 Å². The van der Waals surface area contributed by atoms with E-state index in [1.54, 1.807) is 24.1 Å². The van der Waals surface area contributed by atoms with Gasteiger partial charge >= 0.3 is 6.03 Å². The fraction of sp³-hybridized carbons (Fsp3) is 0.211. The molecular weight excluding hydrogens is 396 g/mol. The minimum atomic E-state index is -0.170. The molecule has 0 atom stereocenters. The third kappa shape index (κ3) is 4.00. The minimum absolute atomic E-state index is 0.159. The maximum Gasteiger partial charge on any atom is 0.322 e. The van der Waals surface area contributed by atoms with E-state index in [0.29, 0.717) is 41.0 Å². The fourth-order valence-corrected chi connectivity index (χ4v) is 4.53. The van der Waals surface area contributed by atoms with Gasteiger partial charge < -0.3 is 15.0 Å². The summed E-state index contributed by atoms with van der Waals surface area (Å²) < 4.78 is 5.18. The number of methoxy groups -OCH3 is 1. The lowest BCUT2D eigenvalue weighted by molar-refractivity contribution is 0.103. The number of anilines is 2. The SMILES string of the molecule is COc1cccc(NC(=O)N2CCc3nc(NC(=O)c4cccs4)sc3C2)c1. The van der Waals surface area contributed by atoms with Gasteiger partial charge in [0.05, 0.1) is 24.2 Å². The van der Waals surface area contributed by atoms with Gasteiger partial charge in [0.25, 0.3) is 5.91 Å². The summed E-state index contributed by atoms with van der Waals surface area (Å²) in [4.78, 5) is 32.7. The Morgan fingerprint density at radius 2 is 2.11 bits per heavy atom. The summed E-state index contributed by atoms with van der Waals surface area (Å²) in [5.41, 5.74) is 1.63. The number of thiophene rings is 1. The number of amides is 3. The molecule has 4 rings (SSSR count). The van der Waals surface area contributed by atoms with E-state index in [1.165, 1.54) is 22.7 Å². The molecule has 28 heavy (non-hydrogen) atoms. The van der Waals surface area contributed by atoms with Crippen LogP contribution in [0.2, 0.25) is 0 Å². The van der Waals surface area contributed by atoms with Gasteiger partial charge in [-0.2, -0.15) is 0 Å². The van der Waals surface area contributed by atoms with Crippen molar-refractivity contribution in [2.45, 2.75) is 13.0 Å². The van der Waals surface area contributed by atoms with Crippen molar-refractivity contribution in [2.24, 2.45) is 0 Å². The first-order chi connectivity index (χ1) is 13.6. The number of carbonyl (C=O) groups is 2. The Morgan fingerprint density at radius 1 is 1.21 bits per heavy atom. The molecule has 0 saturated carbocycles. The molecule has 0 saturated heterocycles. The van der Waals surface area contributed by atoms with Gasteiger partial charge in [-0.15, -0.1) is 11.3 Å². The summed E-state index contributed by atoms with van der Waals surface area (Å²) in [6.45, 7) is 1.04. The zero-order valence-electron chi connectivity index (χ0n) is 15.1. The number of thiazole rings is 1. The molecule has 2 aromatic heterocycles. The largest absolute Gasteiger partial charge is 0.497 e. The Morgan fingerprint density at radius 3 is 2.89 bits per heavy atom. The first-order valence-electron chi connectivity index (χ1n) is 8.66. The first kappa shape index (κ1) is 18.5. The molecule has 0 radical (unpaired) electrons. The zero-order chi connectivity index (χ0) is 19.5. The maximum atomic E-state index is 12.6. The molecule has 3 aromatic rings. The molecule has 0 bridgehead atoms. The maximum absolute atomic E-state index is 12.6. The van der Waals surface area contributed by atoms with Crippen LogP contribution in [0.3, 0.4) is 0 Å². The molecule has 0 spiro atoms. The molecular formula is C19H18N4O3S2. The second-order valence-corrected chi connectivity index (χ2v) is 8.19. The highest BCUT2D eigenvalue weighted by Gasteiger charge is 2.25. The number of aromatic nitrogens is 1. The summed E-state index contributed by atoms with van der Waals surface area (Å²) in [5.74, 6) is 0.529. The molecule has 9 heteroatoms. The Bertz CT molecular complexity index is 1000. The van der Waals surface area contributed by atoms with Gasteiger partial charge in [0.15, 0.2) is 5.13 Å². The topological polar surface area (TPSA) is 83.6 Å². The molecule has 2 N–H and O–H groups in total. The van der Waals surface area contributed by atoms with Crippen molar-refractivity contribution in [1.29, 1.82) is 0 Å². The molecule has 3 heterocycles. The van der Waals surface area contributed by atoms with Crippen LogP contribution in [0.4, 0.5) is 15.6 Å². The van der Waals surface area contributed by atoms with Gasteiger partial charge in [-0.25, -0.2) is 9.78 Å². The molecule has 0 unspecified atom stereocenters.